The zero-order chi connectivity index (χ0) is 14.0. The quantitative estimate of drug-likeness (QED) is 0.922. The molecule has 3 nitrogen and oxygen atoms in total. The lowest BCUT2D eigenvalue weighted by molar-refractivity contribution is 0.627. The molecular formula is C15H18FN3. The van der Waals surface area contributed by atoms with Gasteiger partial charge < -0.3 is 5.73 Å². The first-order chi connectivity index (χ1) is 8.95. The molecule has 1 unspecified atom stereocenters. The monoisotopic (exact) mass is 259 g/mol. The summed E-state index contributed by atoms with van der Waals surface area (Å²) in [5, 5.41) is 0. The van der Waals surface area contributed by atoms with Gasteiger partial charge in [0.05, 0.1) is 0 Å². The Kier molecular flexibility index (Phi) is 3.90. The van der Waals surface area contributed by atoms with Crippen molar-refractivity contribution in [2.75, 3.05) is 0 Å². The van der Waals surface area contributed by atoms with Crippen LogP contribution in [0, 0.1) is 19.7 Å². The van der Waals surface area contributed by atoms with Gasteiger partial charge in [0.2, 0.25) is 0 Å². The van der Waals surface area contributed by atoms with E-state index in [0.717, 1.165) is 22.5 Å². The zero-order valence-corrected chi connectivity index (χ0v) is 11.4. The van der Waals surface area contributed by atoms with Crippen molar-refractivity contribution in [1.82, 2.24) is 9.97 Å². The summed E-state index contributed by atoms with van der Waals surface area (Å²) in [5.41, 5.74) is 9.24. The number of hydrogen-bond acceptors (Lipinski definition) is 3. The van der Waals surface area contributed by atoms with Crippen LogP contribution in [0.2, 0.25) is 0 Å². The highest BCUT2D eigenvalue weighted by Gasteiger charge is 2.10. The largest absolute Gasteiger partial charge is 0.328 e. The molecule has 1 aromatic carbocycles. The van der Waals surface area contributed by atoms with Gasteiger partial charge in [0.25, 0.3) is 0 Å². The van der Waals surface area contributed by atoms with Crippen LogP contribution in [-0.4, -0.2) is 16.0 Å². The molecule has 0 saturated carbocycles. The molecule has 0 saturated heterocycles. The summed E-state index contributed by atoms with van der Waals surface area (Å²) in [6, 6.07) is 6.61. The first-order valence-electron chi connectivity index (χ1n) is 6.32. The van der Waals surface area contributed by atoms with Crippen molar-refractivity contribution >= 4 is 0 Å². The highest BCUT2D eigenvalue weighted by Crippen LogP contribution is 2.21. The lowest BCUT2D eigenvalue weighted by Gasteiger charge is -2.10. The number of halogens is 1. The van der Waals surface area contributed by atoms with Gasteiger partial charge in [0, 0.05) is 29.4 Å². The fraction of sp³-hybridized carbons (Fsp3) is 0.333. The van der Waals surface area contributed by atoms with Crippen LogP contribution in [0.1, 0.15) is 23.9 Å². The summed E-state index contributed by atoms with van der Waals surface area (Å²) in [6.07, 6.45) is 0.685. The van der Waals surface area contributed by atoms with Crippen molar-refractivity contribution in [1.29, 1.82) is 0 Å². The van der Waals surface area contributed by atoms with Crippen molar-refractivity contribution in [2.24, 2.45) is 5.73 Å². The number of nitrogens with two attached hydrogens (primary N) is 1. The summed E-state index contributed by atoms with van der Waals surface area (Å²) in [7, 11) is 0. The Hall–Kier alpha value is -1.81. The summed E-state index contributed by atoms with van der Waals surface area (Å²) >= 11 is 0. The Morgan fingerprint density at radius 2 is 1.95 bits per heavy atom. The van der Waals surface area contributed by atoms with Crippen LogP contribution in [-0.2, 0) is 6.42 Å². The molecule has 2 aromatic rings. The van der Waals surface area contributed by atoms with E-state index in [-0.39, 0.29) is 11.9 Å². The first-order valence-corrected chi connectivity index (χ1v) is 6.32. The van der Waals surface area contributed by atoms with E-state index in [1.807, 2.05) is 26.8 Å². The molecular weight excluding hydrogens is 241 g/mol. The third-order valence-electron chi connectivity index (χ3n) is 2.88. The molecule has 0 aliphatic heterocycles. The Balaban J connectivity index is 2.49. The molecule has 0 aliphatic carbocycles. The molecule has 19 heavy (non-hydrogen) atoms. The summed E-state index contributed by atoms with van der Waals surface area (Å²) in [4.78, 5) is 8.88. The summed E-state index contributed by atoms with van der Waals surface area (Å²) < 4.78 is 13.4. The molecule has 4 heteroatoms. The van der Waals surface area contributed by atoms with Crippen molar-refractivity contribution in [3.05, 3.63) is 47.0 Å². The van der Waals surface area contributed by atoms with Crippen molar-refractivity contribution in [3.63, 3.8) is 0 Å². The molecule has 0 amide bonds. The minimum Gasteiger partial charge on any atom is -0.328 e. The van der Waals surface area contributed by atoms with Crippen LogP contribution in [0.25, 0.3) is 11.4 Å². The van der Waals surface area contributed by atoms with E-state index >= 15 is 0 Å². The molecule has 0 aliphatic rings. The molecule has 2 N–H and O–H groups in total. The predicted molar refractivity (Wildman–Crippen MR) is 74.3 cm³/mol. The standard InChI is InChI=1S/C15H18FN3/c1-9-4-5-12(16)8-14(9)15-18-11(3)7-13(19-15)6-10(2)17/h4-5,7-8,10H,6,17H2,1-3H3. The van der Waals surface area contributed by atoms with Crippen LogP contribution in [0.15, 0.2) is 24.3 Å². The number of aryl methyl sites for hydroxylation is 2. The Labute approximate surface area is 112 Å². The van der Waals surface area contributed by atoms with Crippen molar-refractivity contribution in [2.45, 2.75) is 33.2 Å². The number of benzene rings is 1. The second-order valence-corrected chi connectivity index (χ2v) is 4.96. The molecule has 1 heterocycles. The van der Waals surface area contributed by atoms with Crippen LogP contribution >= 0.6 is 0 Å². The van der Waals surface area contributed by atoms with E-state index in [1.165, 1.54) is 12.1 Å². The van der Waals surface area contributed by atoms with Gasteiger partial charge in [0.15, 0.2) is 5.82 Å². The van der Waals surface area contributed by atoms with Crippen LogP contribution in [0.5, 0.6) is 0 Å². The maximum atomic E-state index is 13.4. The third-order valence-corrected chi connectivity index (χ3v) is 2.88. The molecule has 0 bridgehead atoms. The van der Waals surface area contributed by atoms with Gasteiger partial charge in [-0.2, -0.15) is 0 Å². The lowest BCUT2D eigenvalue weighted by atomic mass is 10.1. The molecule has 1 atom stereocenters. The molecule has 2 rings (SSSR count). The van der Waals surface area contributed by atoms with Crippen molar-refractivity contribution < 1.29 is 4.39 Å². The average Bonchev–Trinajstić information content (AvgIpc) is 2.30. The Morgan fingerprint density at radius 1 is 1.21 bits per heavy atom. The number of nitrogens with zero attached hydrogens (tertiary/aromatic N) is 2. The SMILES string of the molecule is Cc1cc(CC(C)N)nc(-c2cc(F)ccc2C)n1. The van der Waals surface area contributed by atoms with E-state index in [2.05, 4.69) is 9.97 Å². The minimum absolute atomic E-state index is 0.0377. The fourth-order valence-corrected chi connectivity index (χ4v) is 2.02. The van der Waals surface area contributed by atoms with Crippen LogP contribution in [0.3, 0.4) is 0 Å². The first kappa shape index (κ1) is 13.6. The van der Waals surface area contributed by atoms with Gasteiger partial charge in [-0.3, -0.25) is 0 Å². The molecule has 100 valence electrons. The molecule has 0 radical (unpaired) electrons. The summed E-state index contributed by atoms with van der Waals surface area (Å²) in [5.74, 6) is 0.284. The zero-order valence-electron chi connectivity index (χ0n) is 11.4. The molecule has 1 aromatic heterocycles. The smallest absolute Gasteiger partial charge is 0.159 e. The Morgan fingerprint density at radius 3 is 2.63 bits per heavy atom. The van der Waals surface area contributed by atoms with E-state index < -0.39 is 0 Å². The lowest BCUT2D eigenvalue weighted by Crippen LogP contribution is -2.19. The normalized spacial score (nSPS) is 12.5. The van der Waals surface area contributed by atoms with Crippen LogP contribution in [0.4, 0.5) is 4.39 Å². The van der Waals surface area contributed by atoms with Crippen molar-refractivity contribution in [3.8, 4) is 11.4 Å². The highest BCUT2D eigenvalue weighted by atomic mass is 19.1. The Bertz CT molecular complexity index is 594. The summed E-state index contributed by atoms with van der Waals surface area (Å²) in [6.45, 7) is 5.76. The second-order valence-electron chi connectivity index (χ2n) is 4.96. The fourth-order valence-electron chi connectivity index (χ4n) is 2.02. The number of rotatable bonds is 3. The van der Waals surface area contributed by atoms with Gasteiger partial charge in [-0.25, -0.2) is 14.4 Å². The van der Waals surface area contributed by atoms with E-state index in [9.17, 15) is 4.39 Å². The van der Waals surface area contributed by atoms with E-state index in [4.69, 9.17) is 5.73 Å². The maximum absolute atomic E-state index is 13.4. The average molecular weight is 259 g/mol. The van der Waals surface area contributed by atoms with E-state index in [1.54, 1.807) is 6.07 Å². The predicted octanol–water partition coefficient (Wildman–Crippen LogP) is 2.79. The maximum Gasteiger partial charge on any atom is 0.159 e. The number of aromatic nitrogens is 2. The van der Waals surface area contributed by atoms with Gasteiger partial charge in [-0.1, -0.05) is 6.07 Å². The van der Waals surface area contributed by atoms with E-state index in [0.29, 0.717) is 12.2 Å². The van der Waals surface area contributed by atoms with Gasteiger partial charge in [-0.05, 0) is 44.5 Å². The highest BCUT2D eigenvalue weighted by molar-refractivity contribution is 5.60. The van der Waals surface area contributed by atoms with Gasteiger partial charge in [-0.15, -0.1) is 0 Å². The molecule has 0 fully saturated rings. The van der Waals surface area contributed by atoms with Gasteiger partial charge in [0.1, 0.15) is 5.82 Å². The van der Waals surface area contributed by atoms with Crippen LogP contribution < -0.4 is 5.73 Å². The molecule has 0 spiro atoms. The van der Waals surface area contributed by atoms with Gasteiger partial charge >= 0.3 is 0 Å². The number of hydrogen-bond donors (Lipinski definition) is 1. The topological polar surface area (TPSA) is 51.8 Å². The second kappa shape index (κ2) is 5.45. The third kappa shape index (κ3) is 3.35. The minimum atomic E-state index is -0.278.